The Morgan fingerprint density at radius 1 is 1.33 bits per heavy atom. The molecule has 0 aliphatic carbocycles. The number of carbonyl (C=O) groups excluding carboxylic acids is 1. The molecule has 0 radical (unpaired) electrons. The molecule has 116 valence electrons. The molecule has 5 nitrogen and oxygen atoms in total. The zero-order valence-electron chi connectivity index (χ0n) is 12.0. The van der Waals surface area contributed by atoms with E-state index in [0.29, 0.717) is 11.1 Å². The van der Waals surface area contributed by atoms with Gasteiger partial charge in [-0.1, -0.05) is 23.8 Å². The Morgan fingerprint density at radius 2 is 1.90 bits per heavy atom. The summed E-state index contributed by atoms with van der Waals surface area (Å²) in [6, 6.07) is 1.87. The van der Waals surface area contributed by atoms with Crippen molar-refractivity contribution in [1.29, 1.82) is 0 Å². The van der Waals surface area contributed by atoms with Crippen LogP contribution in [0.25, 0.3) is 0 Å². The Kier molecular flexibility index (Phi) is 5.01. The number of aliphatic carboxylic acids is 1. The Labute approximate surface area is 121 Å². The average molecular weight is 300 g/mol. The molecular weight excluding hydrogens is 282 g/mol. The number of hydrogen-bond acceptors (Lipinski definition) is 3. The van der Waals surface area contributed by atoms with Gasteiger partial charge >= 0.3 is 11.9 Å². The highest BCUT2D eigenvalue weighted by molar-refractivity contribution is 5.80. The molecular formula is C14H18F2N2O3. The number of alkyl halides is 2. The Hall–Kier alpha value is -2.02. The van der Waals surface area contributed by atoms with Gasteiger partial charge in [0, 0.05) is 0 Å². The van der Waals surface area contributed by atoms with Crippen molar-refractivity contribution in [2.45, 2.75) is 38.8 Å². The van der Waals surface area contributed by atoms with Crippen LogP contribution in [0.2, 0.25) is 0 Å². The van der Waals surface area contributed by atoms with E-state index >= 15 is 0 Å². The fraction of sp³-hybridized carbons (Fsp3) is 0.429. The summed E-state index contributed by atoms with van der Waals surface area (Å²) in [7, 11) is 0. The monoisotopic (exact) mass is 300 g/mol. The molecule has 2 atom stereocenters. The lowest BCUT2D eigenvalue weighted by Crippen LogP contribution is -2.50. The van der Waals surface area contributed by atoms with Crippen molar-refractivity contribution in [1.82, 2.24) is 5.32 Å². The molecule has 1 aromatic carbocycles. The first-order chi connectivity index (χ1) is 9.57. The predicted molar refractivity (Wildman–Crippen MR) is 73.0 cm³/mol. The lowest BCUT2D eigenvalue weighted by molar-refractivity contribution is -0.170. The molecule has 1 rings (SSSR count). The third-order valence-corrected chi connectivity index (χ3v) is 3.24. The molecule has 0 bridgehead atoms. The van der Waals surface area contributed by atoms with Gasteiger partial charge in [-0.05, 0) is 31.9 Å². The maximum absolute atomic E-state index is 14.0. The summed E-state index contributed by atoms with van der Waals surface area (Å²) in [6.45, 7) is 4.60. The van der Waals surface area contributed by atoms with Gasteiger partial charge in [0.15, 0.2) is 0 Å². The number of rotatable bonds is 6. The number of benzene rings is 1. The van der Waals surface area contributed by atoms with Gasteiger partial charge in [0.2, 0.25) is 5.91 Å². The molecule has 1 aromatic rings. The summed E-state index contributed by atoms with van der Waals surface area (Å²) in [6.07, 6.45) is 0. The predicted octanol–water partition coefficient (Wildman–Crippen LogP) is 1.53. The number of carboxylic acids is 1. The van der Waals surface area contributed by atoms with Gasteiger partial charge in [0.1, 0.15) is 6.04 Å². The zero-order valence-corrected chi connectivity index (χ0v) is 12.0. The van der Waals surface area contributed by atoms with Crippen molar-refractivity contribution in [2.75, 3.05) is 0 Å². The Bertz CT molecular complexity index is 561. The van der Waals surface area contributed by atoms with Crippen LogP contribution < -0.4 is 11.1 Å². The van der Waals surface area contributed by atoms with Crippen molar-refractivity contribution >= 4 is 11.9 Å². The van der Waals surface area contributed by atoms with Crippen LogP contribution in [-0.4, -0.2) is 28.9 Å². The Balaban J connectivity index is 3.34. The van der Waals surface area contributed by atoms with Crippen molar-refractivity contribution < 1.29 is 23.5 Å². The van der Waals surface area contributed by atoms with Crippen LogP contribution in [0.15, 0.2) is 18.2 Å². The highest BCUT2D eigenvalue weighted by Gasteiger charge is 2.49. The van der Waals surface area contributed by atoms with Crippen molar-refractivity contribution in [2.24, 2.45) is 5.73 Å². The van der Waals surface area contributed by atoms with Gasteiger partial charge in [-0.15, -0.1) is 0 Å². The van der Waals surface area contributed by atoms with Gasteiger partial charge in [-0.3, -0.25) is 10.1 Å². The number of hydrogen-bond donors (Lipinski definition) is 3. The number of aryl methyl sites for hydroxylation is 2. The standard InChI is InChI=1S/C14H18F2N2O3/c1-7-4-5-8(2)10(6-7)11(14(15,16)13(20)21)18-9(3)12(17)19/h4-6,9,11,18H,1-3H3,(H2,17,19)(H,20,21)/t9-,11+/m0/s1. The molecule has 0 fully saturated rings. The molecule has 0 saturated carbocycles. The van der Waals surface area contributed by atoms with E-state index in [9.17, 15) is 18.4 Å². The lowest BCUT2D eigenvalue weighted by Gasteiger charge is -2.28. The maximum Gasteiger partial charge on any atom is 0.376 e. The van der Waals surface area contributed by atoms with Crippen LogP contribution in [-0.2, 0) is 9.59 Å². The minimum atomic E-state index is -4.08. The molecule has 21 heavy (non-hydrogen) atoms. The summed E-state index contributed by atoms with van der Waals surface area (Å²) < 4.78 is 28.0. The average Bonchev–Trinajstić information content (AvgIpc) is 2.38. The van der Waals surface area contributed by atoms with E-state index in [1.807, 2.05) is 0 Å². The topological polar surface area (TPSA) is 92.4 Å². The van der Waals surface area contributed by atoms with E-state index in [2.05, 4.69) is 5.32 Å². The minimum Gasteiger partial charge on any atom is -0.477 e. The van der Waals surface area contributed by atoms with Gasteiger partial charge in [-0.2, -0.15) is 8.78 Å². The van der Waals surface area contributed by atoms with Crippen LogP contribution in [0.4, 0.5) is 8.78 Å². The van der Waals surface area contributed by atoms with Crippen molar-refractivity contribution in [3.63, 3.8) is 0 Å². The van der Waals surface area contributed by atoms with E-state index in [1.54, 1.807) is 26.0 Å². The summed E-state index contributed by atoms with van der Waals surface area (Å²) in [4.78, 5) is 22.0. The first-order valence-electron chi connectivity index (χ1n) is 6.31. The van der Waals surface area contributed by atoms with Crippen molar-refractivity contribution in [3.05, 3.63) is 34.9 Å². The first kappa shape index (κ1) is 17.0. The quantitative estimate of drug-likeness (QED) is 0.743. The second-order valence-electron chi connectivity index (χ2n) is 5.01. The molecule has 0 aliphatic rings. The summed E-state index contributed by atoms with van der Waals surface area (Å²) in [5.41, 5.74) is 6.38. The van der Waals surface area contributed by atoms with Crippen LogP contribution in [0.1, 0.15) is 29.7 Å². The molecule has 0 heterocycles. The second kappa shape index (κ2) is 6.17. The molecule has 0 saturated heterocycles. The normalized spacial score (nSPS) is 14.5. The number of carboxylic acid groups (broad SMARTS) is 1. The molecule has 4 N–H and O–H groups in total. The van der Waals surface area contributed by atoms with Crippen LogP contribution in [0.3, 0.4) is 0 Å². The molecule has 0 spiro atoms. The smallest absolute Gasteiger partial charge is 0.376 e. The maximum atomic E-state index is 14.0. The number of primary amides is 1. The highest BCUT2D eigenvalue weighted by Crippen LogP contribution is 2.34. The molecule has 1 amide bonds. The molecule has 0 unspecified atom stereocenters. The fourth-order valence-corrected chi connectivity index (χ4v) is 1.92. The van der Waals surface area contributed by atoms with Crippen molar-refractivity contribution in [3.8, 4) is 0 Å². The van der Waals surface area contributed by atoms with Crippen LogP contribution in [0, 0.1) is 13.8 Å². The van der Waals surface area contributed by atoms with Gasteiger partial charge in [0.25, 0.3) is 0 Å². The fourth-order valence-electron chi connectivity index (χ4n) is 1.92. The van der Waals surface area contributed by atoms with Gasteiger partial charge in [-0.25, -0.2) is 4.79 Å². The summed E-state index contributed by atoms with van der Waals surface area (Å²) in [5.74, 6) is -7.19. The van der Waals surface area contributed by atoms with Crippen LogP contribution >= 0.6 is 0 Å². The molecule has 0 aliphatic heterocycles. The number of nitrogens with two attached hydrogens (primary N) is 1. The highest BCUT2D eigenvalue weighted by atomic mass is 19.3. The minimum absolute atomic E-state index is 0.121. The SMILES string of the molecule is Cc1ccc(C)c([C@@H](N[C@@H](C)C(N)=O)C(F)(F)C(=O)O)c1. The van der Waals surface area contributed by atoms with Gasteiger partial charge in [0.05, 0.1) is 6.04 Å². The zero-order chi connectivity index (χ0) is 16.4. The summed E-state index contributed by atoms with van der Waals surface area (Å²) in [5, 5.41) is 11.1. The van der Waals surface area contributed by atoms with E-state index in [1.165, 1.54) is 13.0 Å². The number of halogens is 2. The van der Waals surface area contributed by atoms with Gasteiger partial charge < -0.3 is 10.8 Å². The van der Waals surface area contributed by atoms with E-state index in [-0.39, 0.29) is 5.56 Å². The molecule has 7 heteroatoms. The lowest BCUT2D eigenvalue weighted by atomic mass is 9.93. The van der Waals surface area contributed by atoms with E-state index < -0.39 is 29.9 Å². The van der Waals surface area contributed by atoms with Crippen LogP contribution in [0.5, 0.6) is 0 Å². The van der Waals surface area contributed by atoms with E-state index in [4.69, 9.17) is 10.8 Å². The third kappa shape index (κ3) is 3.75. The molecule has 0 aromatic heterocycles. The summed E-state index contributed by atoms with van der Waals surface area (Å²) >= 11 is 0. The third-order valence-electron chi connectivity index (χ3n) is 3.24. The first-order valence-corrected chi connectivity index (χ1v) is 6.31. The largest absolute Gasteiger partial charge is 0.477 e. The Morgan fingerprint density at radius 3 is 2.38 bits per heavy atom. The van der Waals surface area contributed by atoms with E-state index in [0.717, 1.165) is 0 Å². The second-order valence-corrected chi connectivity index (χ2v) is 5.01. The number of carbonyl (C=O) groups is 2. The number of nitrogens with one attached hydrogen (secondary N) is 1. The number of amides is 1.